The first-order chi connectivity index (χ1) is 11.2. The van der Waals surface area contributed by atoms with Crippen molar-refractivity contribution in [3.63, 3.8) is 0 Å². The summed E-state index contributed by atoms with van der Waals surface area (Å²) in [7, 11) is 0. The first kappa shape index (κ1) is 15.9. The van der Waals surface area contributed by atoms with Gasteiger partial charge in [-0.1, -0.05) is 17.7 Å². The maximum absolute atomic E-state index is 12.3. The Balaban J connectivity index is 1.71. The minimum absolute atomic E-state index is 0.0327. The molecule has 4 nitrogen and oxygen atoms in total. The van der Waals surface area contributed by atoms with Crippen LogP contribution in [0.4, 0.5) is 0 Å². The van der Waals surface area contributed by atoms with E-state index in [1.807, 2.05) is 30.5 Å². The van der Waals surface area contributed by atoms with E-state index >= 15 is 0 Å². The number of hydrogen-bond acceptors (Lipinski definition) is 4. The van der Waals surface area contributed by atoms with Gasteiger partial charge in [0.25, 0.3) is 0 Å². The lowest BCUT2D eigenvalue weighted by Gasteiger charge is -2.18. The first-order valence-corrected chi connectivity index (χ1v) is 8.51. The van der Waals surface area contributed by atoms with Crippen molar-refractivity contribution in [1.29, 1.82) is 0 Å². The van der Waals surface area contributed by atoms with Crippen LogP contribution in [0.15, 0.2) is 35.7 Å². The Morgan fingerprint density at radius 3 is 3.04 bits per heavy atom. The molecule has 1 amide bonds. The molecule has 0 unspecified atom stereocenters. The van der Waals surface area contributed by atoms with Crippen molar-refractivity contribution in [2.24, 2.45) is 0 Å². The average molecular weight is 350 g/mol. The number of amides is 1. The molecule has 0 saturated heterocycles. The number of nitrogens with zero attached hydrogens (tertiary/aromatic N) is 1. The number of carbonyl (C=O) groups excluding carboxylic acids is 1. The number of likely N-dealkylation sites (N-methyl/N-ethyl adjacent to an activating group) is 1. The van der Waals surface area contributed by atoms with E-state index in [9.17, 15) is 4.79 Å². The monoisotopic (exact) mass is 349 g/mol. The van der Waals surface area contributed by atoms with Crippen LogP contribution in [0.3, 0.4) is 0 Å². The number of hydrogen-bond donors (Lipinski definition) is 0. The number of carbonyl (C=O) groups is 1. The van der Waals surface area contributed by atoms with Crippen molar-refractivity contribution in [2.45, 2.75) is 13.5 Å². The number of rotatable bonds is 5. The second kappa shape index (κ2) is 7.06. The van der Waals surface area contributed by atoms with Crippen LogP contribution in [0.1, 0.15) is 17.4 Å². The van der Waals surface area contributed by atoms with Gasteiger partial charge in [-0.15, -0.1) is 11.3 Å². The highest BCUT2D eigenvalue weighted by atomic mass is 35.5. The Bertz CT molecular complexity index is 728. The molecule has 23 heavy (non-hydrogen) atoms. The lowest BCUT2D eigenvalue weighted by atomic mass is 10.2. The van der Waals surface area contributed by atoms with E-state index in [0.717, 1.165) is 5.56 Å². The molecule has 0 atom stereocenters. The standard InChI is InChI=1S/C17H16ClNO3S/c1-2-19(10-13-4-3-7-23-13)16(20)6-5-12-8-14(18)17-15(9-12)21-11-22-17/h3-9H,2,10-11H2,1H3. The fourth-order valence-electron chi connectivity index (χ4n) is 2.29. The van der Waals surface area contributed by atoms with Gasteiger partial charge in [-0.2, -0.15) is 0 Å². The van der Waals surface area contributed by atoms with Crippen LogP contribution in [0.2, 0.25) is 5.02 Å². The first-order valence-electron chi connectivity index (χ1n) is 7.26. The van der Waals surface area contributed by atoms with E-state index in [4.69, 9.17) is 21.1 Å². The summed E-state index contributed by atoms with van der Waals surface area (Å²) in [4.78, 5) is 15.3. The third-order valence-electron chi connectivity index (χ3n) is 3.49. The van der Waals surface area contributed by atoms with Gasteiger partial charge in [0.15, 0.2) is 11.5 Å². The van der Waals surface area contributed by atoms with Crippen molar-refractivity contribution >= 4 is 34.9 Å². The fraction of sp³-hybridized carbons (Fsp3) is 0.235. The maximum atomic E-state index is 12.3. The van der Waals surface area contributed by atoms with Crippen molar-refractivity contribution in [3.8, 4) is 11.5 Å². The molecule has 0 radical (unpaired) electrons. The van der Waals surface area contributed by atoms with Gasteiger partial charge in [0.05, 0.1) is 11.6 Å². The third-order valence-corrected chi connectivity index (χ3v) is 4.63. The molecule has 6 heteroatoms. The number of fused-ring (bicyclic) bond motifs is 1. The van der Waals surface area contributed by atoms with E-state index in [2.05, 4.69) is 0 Å². The zero-order chi connectivity index (χ0) is 16.2. The number of halogens is 1. The summed E-state index contributed by atoms with van der Waals surface area (Å²) in [5, 5.41) is 2.50. The number of thiophene rings is 1. The number of benzene rings is 1. The van der Waals surface area contributed by atoms with Gasteiger partial charge in [0, 0.05) is 17.5 Å². The highest BCUT2D eigenvalue weighted by molar-refractivity contribution is 7.09. The van der Waals surface area contributed by atoms with Gasteiger partial charge < -0.3 is 14.4 Å². The fourth-order valence-corrected chi connectivity index (χ4v) is 3.29. The molecule has 1 aromatic heterocycles. The molecule has 2 heterocycles. The summed E-state index contributed by atoms with van der Waals surface area (Å²) in [6, 6.07) is 7.59. The summed E-state index contributed by atoms with van der Waals surface area (Å²) >= 11 is 7.79. The van der Waals surface area contributed by atoms with Gasteiger partial charge in [-0.25, -0.2) is 0 Å². The van der Waals surface area contributed by atoms with Crippen LogP contribution in [0.25, 0.3) is 6.08 Å². The van der Waals surface area contributed by atoms with Crippen molar-refractivity contribution in [3.05, 3.63) is 51.2 Å². The third kappa shape index (κ3) is 3.68. The molecule has 0 bridgehead atoms. The largest absolute Gasteiger partial charge is 0.454 e. The van der Waals surface area contributed by atoms with Crippen LogP contribution in [-0.4, -0.2) is 24.1 Å². The molecule has 2 aromatic rings. The molecule has 120 valence electrons. The Kier molecular flexibility index (Phi) is 4.88. The van der Waals surface area contributed by atoms with E-state index in [0.29, 0.717) is 29.6 Å². The zero-order valence-corrected chi connectivity index (χ0v) is 14.2. The van der Waals surface area contributed by atoms with Crippen molar-refractivity contribution in [2.75, 3.05) is 13.3 Å². The van der Waals surface area contributed by atoms with Crippen LogP contribution >= 0.6 is 22.9 Å². The maximum Gasteiger partial charge on any atom is 0.246 e. The zero-order valence-electron chi connectivity index (χ0n) is 12.6. The molecule has 1 aromatic carbocycles. The van der Waals surface area contributed by atoms with Crippen LogP contribution < -0.4 is 9.47 Å². The van der Waals surface area contributed by atoms with Crippen molar-refractivity contribution in [1.82, 2.24) is 4.90 Å². The Labute approximate surface area is 143 Å². The Hall–Kier alpha value is -1.98. The molecule has 0 fully saturated rings. The molecular formula is C17H16ClNO3S. The number of ether oxygens (including phenoxy) is 2. The highest BCUT2D eigenvalue weighted by Crippen LogP contribution is 2.40. The van der Waals surface area contributed by atoms with Crippen molar-refractivity contribution < 1.29 is 14.3 Å². The van der Waals surface area contributed by atoms with Gasteiger partial charge in [0.2, 0.25) is 12.7 Å². The average Bonchev–Trinajstić information content (AvgIpc) is 3.21. The molecule has 0 aliphatic carbocycles. The SMILES string of the molecule is CCN(Cc1cccs1)C(=O)C=Cc1cc(Cl)c2c(c1)OCO2. The topological polar surface area (TPSA) is 38.8 Å². The Morgan fingerprint density at radius 2 is 2.30 bits per heavy atom. The highest BCUT2D eigenvalue weighted by Gasteiger charge is 2.17. The van der Waals surface area contributed by atoms with Gasteiger partial charge in [-0.05, 0) is 42.1 Å². The summed E-state index contributed by atoms with van der Waals surface area (Å²) in [6.45, 7) is 3.42. The summed E-state index contributed by atoms with van der Waals surface area (Å²) in [5.74, 6) is 1.13. The Morgan fingerprint density at radius 1 is 1.43 bits per heavy atom. The van der Waals surface area contributed by atoms with E-state index in [1.165, 1.54) is 4.88 Å². The van der Waals surface area contributed by atoms with E-state index < -0.39 is 0 Å². The smallest absolute Gasteiger partial charge is 0.246 e. The minimum atomic E-state index is -0.0327. The quantitative estimate of drug-likeness (QED) is 0.760. The predicted molar refractivity (Wildman–Crippen MR) is 92.0 cm³/mol. The lowest BCUT2D eigenvalue weighted by molar-refractivity contribution is -0.126. The second-order valence-corrected chi connectivity index (χ2v) is 6.44. The van der Waals surface area contributed by atoms with E-state index in [1.54, 1.807) is 34.5 Å². The van der Waals surface area contributed by atoms with Crippen LogP contribution in [0.5, 0.6) is 11.5 Å². The second-order valence-electron chi connectivity index (χ2n) is 5.00. The molecule has 1 aliphatic rings. The van der Waals surface area contributed by atoms with Gasteiger partial charge >= 0.3 is 0 Å². The molecule has 1 aliphatic heterocycles. The predicted octanol–water partition coefficient (Wildman–Crippen LogP) is 4.19. The van der Waals surface area contributed by atoms with E-state index in [-0.39, 0.29) is 12.7 Å². The molecule has 0 saturated carbocycles. The normalized spacial score (nSPS) is 12.8. The summed E-state index contributed by atoms with van der Waals surface area (Å²) < 4.78 is 10.6. The van der Waals surface area contributed by atoms with Gasteiger partial charge in [0.1, 0.15) is 0 Å². The molecule has 0 N–H and O–H groups in total. The molecule has 3 rings (SSSR count). The minimum Gasteiger partial charge on any atom is -0.454 e. The van der Waals surface area contributed by atoms with Gasteiger partial charge in [-0.3, -0.25) is 4.79 Å². The molecule has 0 spiro atoms. The summed E-state index contributed by atoms with van der Waals surface area (Å²) in [5.41, 5.74) is 0.805. The molecular weight excluding hydrogens is 334 g/mol. The van der Waals surface area contributed by atoms with Crippen LogP contribution in [0, 0.1) is 0 Å². The summed E-state index contributed by atoms with van der Waals surface area (Å²) in [6.07, 6.45) is 3.30. The lowest BCUT2D eigenvalue weighted by Crippen LogP contribution is -2.28. The van der Waals surface area contributed by atoms with Crippen LogP contribution in [-0.2, 0) is 11.3 Å².